The number of sulfone groups is 1. The number of carbonyl (C=O) groups is 1. The van der Waals surface area contributed by atoms with Crippen molar-refractivity contribution in [3.8, 4) is 11.3 Å². The number of halogens is 1. The highest BCUT2D eigenvalue weighted by molar-refractivity contribution is 7.91. The molecule has 0 unspecified atom stereocenters. The van der Waals surface area contributed by atoms with E-state index in [-0.39, 0.29) is 35.8 Å². The minimum Gasteiger partial charge on any atom is -0.459 e. The molecule has 1 saturated heterocycles. The molecule has 1 fully saturated rings. The van der Waals surface area contributed by atoms with Gasteiger partial charge in [0.1, 0.15) is 17.3 Å². The van der Waals surface area contributed by atoms with Crippen LogP contribution in [0.5, 0.6) is 0 Å². The Morgan fingerprint density at radius 1 is 1.22 bits per heavy atom. The Hall–Kier alpha value is -2.15. The van der Waals surface area contributed by atoms with E-state index in [0.717, 1.165) is 18.4 Å². The average molecular weight is 393 g/mol. The monoisotopic (exact) mass is 393 g/mol. The molecule has 1 aromatic heterocycles. The van der Waals surface area contributed by atoms with Crippen LogP contribution < -0.4 is 0 Å². The number of unbranched alkanes of at least 4 members (excludes halogenated alkanes) is 1. The Morgan fingerprint density at radius 3 is 2.59 bits per heavy atom. The summed E-state index contributed by atoms with van der Waals surface area (Å²) in [6.07, 6.45) is 2.54. The SMILES string of the molecule is CCCCC(=O)N(Cc1ccc(-c2ccc(F)cc2)o1)[C@H]1CCS(=O)(=O)C1. The standard InChI is InChI=1S/C20H24FNO4S/c1-2-3-4-20(23)22(17-11-12-27(24,25)14-17)13-18-9-10-19(26-18)15-5-7-16(21)8-6-15/h5-10,17H,2-4,11-14H2,1H3/t17-/m0/s1. The third-order valence-electron chi connectivity index (χ3n) is 4.83. The van der Waals surface area contributed by atoms with E-state index < -0.39 is 9.84 Å². The van der Waals surface area contributed by atoms with Gasteiger partial charge in [-0.15, -0.1) is 0 Å². The van der Waals surface area contributed by atoms with Gasteiger partial charge in [-0.3, -0.25) is 4.79 Å². The van der Waals surface area contributed by atoms with Crippen molar-refractivity contribution in [1.82, 2.24) is 4.90 Å². The van der Waals surface area contributed by atoms with Crippen LogP contribution in [-0.2, 0) is 21.2 Å². The van der Waals surface area contributed by atoms with Crippen LogP contribution in [0.3, 0.4) is 0 Å². The molecule has 146 valence electrons. The van der Waals surface area contributed by atoms with Crippen LogP contribution in [0, 0.1) is 5.82 Å². The molecule has 0 saturated carbocycles. The summed E-state index contributed by atoms with van der Waals surface area (Å²) in [5, 5.41) is 0. The lowest BCUT2D eigenvalue weighted by atomic mass is 10.1. The second kappa shape index (κ2) is 8.25. The van der Waals surface area contributed by atoms with Gasteiger partial charge in [0.2, 0.25) is 5.91 Å². The van der Waals surface area contributed by atoms with Crippen LogP contribution in [0.4, 0.5) is 4.39 Å². The number of furan rings is 1. The van der Waals surface area contributed by atoms with E-state index >= 15 is 0 Å². The van der Waals surface area contributed by atoms with Gasteiger partial charge in [0.05, 0.1) is 18.1 Å². The average Bonchev–Trinajstić information content (AvgIpc) is 3.24. The molecule has 1 aromatic carbocycles. The maximum atomic E-state index is 13.1. The van der Waals surface area contributed by atoms with E-state index in [0.29, 0.717) is 24.4 Å². The highest BCUT2D eigenvalue weighted by Gasteiger charge is 2.34. The van der Waals surface area contributed by atoms with Gasteiger partial charge in [-0.05, 0) is 49.2 Å². The summed E-state index contributed by atoms with van der Waals surface area (Å²) in [5.74, 6) is 0.942. The topological polar surface area (TPSA) is 67.6 Å². The summed E-state index contributed by atoms with van der Waals surface area (Å²) in [7, 11) is -3.09. The molecule has 3 rings (SSSR count). The lowest BCUT2D eigenvalue weighted by Gasteiger charge is -2.27. The predicted octanol–water partition coefficient (Wildman–Crippen LogP) is 3.79. The fraction of sp³-hybridized carbons (Fsp3) is 0.450. The lowest BCUT2D eigenvalue weighted by Crippen LogP contribution is -2.40. The maximum absolute atomic E-state index is 13.1. The quantitative estimate of drug-likeness (QED) is 0.718. The molecule has 2 aromatic rings. The minimum atomic E-state index is -3.09. The van der Waals surface area contributed by atoms with Gasteiger partial charge >= 0.3 is 0 Å². The largest absolute Gasteiger partial charge is 0.459 e. The van der Waals surface area contributed by atoms with Crippen molar-refractivity contribution in [2.24, 2.45) is 0 Å². The van der Waals surface area contributed by atoms with Crippen molar-refractivity contribution in [2.45, 2.75) is 45.2 Å². The zero-order valence-electron chi connectivity index (χ0n) is 15.4. The Kier molecular flexibility index (Phi) is 5.99. The van der Waals surface area contributed by atoms with Crippen LogP contribution in [0.2, 0.25) is 0 Å². The van der Waals surface area contributed by atoms with Crippen LogP contribution >= 0.6 is 0 Å². The molecule has 1 aliphatic heterocycles. The smallest absolute Gasteiger partial charge is 0.223 e. The molecule has 1 amide bonds. The van der Waals surface area contributed by atoms with Crippen molar-refractivity contribution in [1.29, 1.82) is 0 Å². The zero-order valence-corrected chi connectivity index (χ0v) is 16.2. The van der Waals surface area contributed by atoms with E-state index in [9.17, 15) is 17.6 Å². The Morgan fingerprint density at radius 2 is 1.96 bits per heavy atom. The summed E-state index contributed by atoms with van der Waals surface area (Å²) in [6, 6.07) is 9.24. The molecular weight excluding hydrogens is 369 g/mol. The van der Waals surface area contributed by atoms with Crippen LogP contribution in [-0.4, -0.2) is 36.8 Å². The molecule has 0 bridgehead atoms. The molecule has 0 radical (unpaired) electrons. The first-order chi connectivity index (χ1) is 12.9. The van der Waals surface area contributed by atoms with Gasteiger partial charge in [0.25, 0.3) is 0 Å². The lowest BCUT2D eigenvalue weighted by molar-refractivity contribution is -0.134. The Balaban J connectivity index is 1.77. The molecule has 1 atom stereocenters. The second-order valence-electron chi connectivity index (χ2n) is 6.95. The molecule has 5 nitrogen and oxygen atoms in total. The summed E-state index contributed by atoms with van der Waals surface area (Å²) in [5.41, 5.74) is 0.745. The van der Waals surface area contributed by atoms with E-state index in [1.54, 1.807) is 29.2 Å². The van der Waals surface area contributed by atoms with Gasteiger partial charge in [-0.2, -0.15) is 0 Å². The summed E-state index contributed by atoms with van der Waals surface area (Å²) < 4.78 is 42.6. The second-order valence-corrected chi connectivity index (χ2v) is 9.18. The van der Waals surface area contributed by atoms with E-state index in [1.165, 1.54) is 12.1 Å². The van der Waals surface area contributed by atoms with Crippen molar-refractivity contribution in [2.75, 3.05) is 11.5 Å². The maximum Gasteiger partial charge on any atom is 0.223 e. The van der Waals surface area contributed by atoms with Gasteiger partial charge in [-0.1, -0.05) is 13.3 Å². The summed E-state index contributed by atoms with van der Waals surface area (Å²) in [6.45, 7) is 2.25. The van der Waals surface area contributed by atoms with Gasteiger partial charge < -0.3 is 9.32 Å². The molecule has 0 aliphatic carbocycles. The Bertz CT molecular complexity index is 889. The van der Waals surface area contributed by atoms with E-state index in [1.807, 2.05) is 6.92 Å². The number of amides is 1. The van der Waals surface area contributed by atoms with Crippen LogP contribution in [0.25, 0.3) is 11.3 Å². The van der Waals surface area contributed by atoms with Gasteiger partial charge in [0.15, 0.2) is 9.84 Å². The Labute approximate surface area is 159 Å². The highest BCUT2D eigenvalue weighted by Crippen LogP contribution is 2.26. The summed E-state index contributed by atoms with van der Waals surface area (Å²) >= 11 is 0. The number of nitrogens with zero attached hydrogens (tertiary/aromatic N) is 1. The van der Waals surface area contributed by atoms with E-state index in [4.69, 9.17) is 4.42 Å². The molecule has 1 aliphatic rings. The summed E-state index contributed by atoms with van der Waals surface area (Å²) in [4.78, 5) is 14.3. The van der Waals surface area contributed by atoms with Gasteiger partial charge in [-0.25, -0.2) is 12.8 Å². The van der Waals surface area contributed by atoms with Crippen LogP contribution in [0.15, 0.2) is 40.8 Å². The van der Waals surface area contributed by atoms with Crippen molar-refractivity contribution >= 4 is 15.7 Å². The highest BCUT2D eigenvalue weighted by atomic mass is 32.2. The first-order valence-electron chi connectivity index (χ1n) is 9.22. The molecule has 7 heteroatoms. The van der Waals surface area contributed by atoms with Crippen molar-refractivity contribution in [3.05, 3.63) is 48.0 Å². The number of hydrogen-bond donors (Lipinski definition) is 0. The zero-order chi connectivity index (χ0) is 19.4. The fourth-order valence-corrected chi connectivity index (χ4v) is 5.04. The molecule has 0 N–H and O–H groups in total. The molecule has 27 heavy (non-hydrogen) atoms. The van der Waals surface area contributed by atoms with Crippen molar-refractivity contribution < 1.29 is 22.0 Å². The first kappa shape index (κ1) is 19.6. The number of hydrogen-bond acceptors (Lipinski definition) is 4. The van der Waals surface area contributed by atoms with Crippen LogP contribution in [0.1, 0.15) is 38.4 Å². The number of rotatable bonds is 7. The van der Waals surface area contributed by atoms with Gasteiger partial charge in [0, 0.05) is 18.0 Å². The first-order valence-corrected chi connectivity index (χ1v) is 11.0. The van der Waals surface area contributed by atoms with E-state index in [2.05, 4.69) is 0 Å². The molecular formula is C20H24FNO4S. The molecule has 0 spiro atoms. The third kappa shape index (κ3) is 4.97. The minimum absolute atomic E-state index is 0.0103. The third-order valence-corrected chi connectivity index (χ3v) is 6.58. The molecule has 2 heterocycles. The number of carbonyl (C=O) groups excluding carboxylic acids is 1. The predicted molar refractivity (Wildman–Crippen MR) is 101 cm³/mol. The number of benzene rings is 1. The fourth-order valence-electron chi connectivity index (χ4n) is 3.31. The normalized spacial score (nSPS) is 18.5. The van der Waals surface area contributed by atoms with Crippen molar-refractivity contribution in [3.63, 3.8) is 0 Å².